The van der Waals surface area contributed by atoms with Crippen molar-refractivity contribution in [3.8, 4) is 0 Å². The summed E-state index contributed by atoms with van der Waals surface area (Å²) in [6.45, 7) is 0.000676. The van der Waals surface area contributed by atoms with Crippen LogP contribution in [0, 0.1) is 122 Å². The van der Waals surface area contributed by atoms with Gasteiger partial charge in [0.15, 0.2) is 76.0 Å². The number of nitrogens with zero attached hydrogens (tertiary/aromatic N) is 1. The van der Waals surface area contributed by atoms with Gasteiger partial charge < -0.3 is 0 Å². The molecule has 1 heterocycles. The Hall–Kier alpha value is -7.01. The van der Waals surface area contributed by atoms with Gasteiger partial charge in [-0.15, -0.1) is 26.2 Å². The van der Waals surface area contributed by atoms with Gasteiger partial charge in [0.1, 0.15) is 52.7 Å². The van der Waals surface area contributed by atoms with Gasteiger partial charge in [0.2, 0.25) is 12.3 Å². The number of carbonyl (C=O) groups excluding carboxylic acids is 1. The van der Waals surface area contributed by atoms with Gasteiger partial charge in [-0.25, -0.2) is 87.8 Å². The van der Waals surface area contributed by atoms with Crippen LogP contribution >= 0.6 is 0 Å². The molecule has 0 atom stereocenters. The minimum atomic E-state index is -7.22. The molecule has 0 unspecified atom stereocenters. The minimum Gasteiger partial charge on any atom is -0.287 e. The fraction of sp³-hybridized carbons (Fsp3) is 0.0244. The second kappa shape index (κ2) is 17.5. The van der Waals surface area contributed by atoms with E-state index in [0.717, 1.165) is 10.8 Å². The van der Waals surface area contributed by atoms with E-state index >= 15 is 35.1 Å². The summed E-state index contributed by atoms with van der Waals surface area (Å²) in [5.41, 5.74) is -13.7. The lowest BCUT2D eigenvalue weighted by Gasteiger charge is -2.44. The lowest BCUT2D eigenvalue weighted by Crippen LogP contribution is -2.81. The average Bonchev–Trinajstić information content (AvgIpc) is 3.29. The molecule has 2 nitrogen and oxygen atoms in total. The van der Waals surface area contributed by atoms with Crippen molar-refractivity contribution < 1.29 is 102 Å². The van der Waals surface area contributed by atoms with Crippen molar-refractivity contribution in [2.75, 3.05) is 0 Å². The van der Waals surface area contributed by atoms with Crippen LogP contribution < -0.4 is 26.4 Å². The Bertz CT molecular complexity index is 2730. The Balaban J connectivity index is 0.000000289. The molecule has 6 aromatic carbocycles. The Morgan fingerprint density at radius 3 is 0.923 bits per heavy atom. The molecule has 0 N–H and O–H groups in total. The summed E-state index contributed by atoms with van der Waals surface area (Å²) in [6, 6.07) is 17.9. The molecule has 0 aliphatic rings. The topological polar surface area (TPSA) is 20.9 Å². The van der Waals surface area contributed by atoms with Crippen molar-refractivity contribution in [2.24, 2.45) is 0 Å². The first-order chi connectivity index (χ1) is 30.4. The molecule has 0 bridgehead atoms. The molecule has 65 heavy (non-hydrogen) atoms. The fourth-order valence-electron chi connectivity index (χ4n) is 7.07. The van der Waals surface area contributed by atoms with E-state index in [9.17, 15) is 61.9 Å². The summed E-state index contributed by atoms with van der Waals surface area (Å²) in [6.07, 6.45) is -5.54. The van der Waals surface area contributed by atoms with Gasteiger partial charge in [0.25, 0.3) is 0 Å². The standard InChI is InChI=1S/C24BF20.C17H13FNO/c26-5-1(6(27)14(35)21(42)13(5)34)25(2-7(28)15(36)22(43)16(37)8(2)29,3-9(30)17(38)23(44)18(39)10(3)31)4-11(32)19(40)24(45)20(41)12(4)33;18-17-10-14-8-4-5-9-15(14)11-19(17)12-16(20)13-6-2-1-3-7-13/h;1-11H,12H2/q-1;+1. The highest BCUT2D eigenvalue weighted by Crippen LogP contribution is 2.31. The van der Waals surface area contributed by atoms with Crippen LogP contribution in [0.5, 0.6) is 0 Å². The largest absolute Gasteiger partial charge is 0.360 e. The van der Waals surface area contributed by atoms with Crippen LogP contribution in [0.2, 0.25) is 0 Å². The van der Waals surface area contributed by atoms with E-state index in [-0.39, 0.29) is 12.3 Å². The Labute approximate surface area is 347 Å². The van der Waals surface area contributed by atoms with E-state index in [2.05, 4.69) is 0 Å². The molecule has 338 valence electrons. The lowest BCUT2D eigenvalue weighted by atomic mass is 9.12. The van der Waals surface area contributed by atoms with Crippen LogP contribution in [0.3, 0.4) is 0 Å². The van der Waals surface area contributed by atoms with Crippen molar-refractivity contribution in [1.29, 1.82) is 0 Å². The van der Waals surface area contributed by atoms with Crippen LogP contribution in [-0.2, 0) is 6.54 Å². The summed E-state index contributed by atoms with van der Waals surface area (Å²) in [5, 5.41) is 1.74. The third-order valence-corrected chi connectivity index (χ3v) is 9.96. The van der Waals surface area contributed by atoms with Crippen molar-refractivity contribution >= 4 is 44.6 Å². The first kappa shape index (κ1) is 47.5. The fourth-order valence-corrected chi connectivity index (χ4v) is 7.07. The number of aromatic nitrogens is 1. The Kier molecular flexibility index (Phi) is 12.8. The number of pyridine rings is 1. The van der Waals surface area contributed by atoms with Crippen molar-refractivity contribution in [1.82, 2.24) is 0 Å². The van der Waals surface area contributed by atoms with Crippen LogP contribution in [0.4, 0.5) is 92.2 Å². The Morgan fingerprint density at radius 2 is 0.615 bits per heavy atom. The quantitative estimate of drug-likeness (QED) is 0.0298. The van der Waals surface area contributed by atoms with E-state index in [1.165, 1.54) is 10.6 Å². The monoisotopic (exact) mass is 945 g/mol. The minimum absolute atomic E-state index is 0.000676. The Morgan fingerprint density at radius 1 is 0.354 bits per heavy atom. The van der Waals surface area contributed by atoms with Gasteiger partial charge in [-0.3, -0.25) is 4.79 Å². The van der Waals surface area contributed by atoms with E-state index in [1.54, 1.807) is 30.5 Å². The maximum atomic E-state index is 15.4. The van der Waals surface area contributed by atoms with Gasteiger partial charge in [0, 0.05) is 17.0 Å². The third-order valence-electron chi connectivity index (χ3n) is 9.96. The maximum absolute atomic E-state index is 15.4. The average molecular weight is 945 g/mol. The number of Topliss-reactive ketones (excluding diaryl/α,β-unsaturated/α-hetero) is 1. The predicted octanol–water partition coefficient (Wildman–Crippen LogP) is 9.00. The molecule has 0 spiro atoms. The zero-order valence-corrected chi connectivity index (χ0v) is 30.9. The molecule has 1 aromatic heterocycles. The molecule has 0 amide bonds. The van der Waals surface area contributed by atoms with E-state index in [1.807, 2.05) is 30.3 Å². The SMILES string of the molecule is Fc1c(F)c(F)c([B-](c2c(F)c(F)c(F)c(F)c2F)(c2c(F)c(F)c(F)c(F)c2F)c2c(F)c(F)c(F)c(F)c2F)c(F)c1F.O=C(C[n+]1cc2ccccc2cc1F)c1ccccc1. The molecule has 0 saturated carbocycles. The molecule has 7 rings (SSSR count). The van der Waals surface area contributed by atoms with Crippen LogP contribution in [0.25, 0.3) is 10.8 Å². The molecular weight excluding hydrogens is 932 g/mol. The molecule has 7 aromatic rings. The van der Waals surface area contributed by atoms with E-state index < -0.39 is 150 Å². The number of ketones is 1. The lowest BCUT2D eigenvalue weighted by molar-refractivity contribution is -0.709. The van der Waals surface area contributed by atoms with Crippen molar-refractivity contribution in [2.45, 2.75) is 6.54 Å². The second-order valence-corrected chi connectivity index (χ2v) is 13.4. The molecule has 0 aliphatic carbocycles. The van der Waals surface area contributed by atoms with E-state index in [0.29, 0.717) is 5.56 Å². The van der Waals surface area contributed by atoms with E-state index in [4.69, 9.17) is 0 Å². The highest BCUT2D eigenvalue weighted by atomic mass is 19.2. The number of halogens is 21. The third kappa shape index (κ3) is 7.46. The summed E-state index contributed by atoms with van der Waals surface area (Å²) in [7, 11) is 0. The van der Waals surface area contributed by atoms with Crippen LogP contribution in [0.15, 0.2) is 66.9 Å². The number of carbonyl (C=O) groups is 1. The van der Waals surface area contributed by atoms with Gasteiger partial charge in [-0.2, -0.15) is 4.57 Å². The van der Waals surface area contributed by atoms with Gasteiger partial charge in [-0.05, 0) is 11.5 Å². The summed E-state index contributed by atoms with van der Waals surface area (Å²) in [5.74, 6) is -71.9. The summed E-state index contributed by atoms with van der Waals surface area (Å²) >= 11 is 0. The van der Waals surface area contributed by atoms with Crippen LogP contribution in [-0.4, -0.2) is 11.9 Å². The molecule has 0 fully saturated rings. The molecule has 0 saturated heterocycles. The molecule has 0 aliphatic heterocycles. The highest BCUT2D eigenvalue weighted by Gasteiger charge is 2.52. The number of benzene rings is 6. The summed E-state index contributed by atoms with van der Waals surface area (Å²) in [4.78, 5) is 12.1. The first-order valence-corrected chi connectivity index (χ1v) is 17.3. The maximum Gasteiger partial charge on any atom is 0.360 e. The van der Waals surface area contributed by atoms with Crippen molar-refractivity contribution in [3.63, 3.8) is 0 Å². The van der Waals surface area contributed by atoms with Gasteiger partial charge in [-0.1, -0.05) is 48.5 Å². The first-order valence-electron chi connectivity index (χ1n) is 17.3. The molecule has 0 radical (unpaired) electrons. The van der Waals surface area contributed by atoms with Gasteiger partial charge >= 0.3 is 5.95 Å². The summed E-state index contributed by atoms with van der Waals surface area (Å²) < 4.78 is 309. The smallest absolute Gasteiger partial charge is 0.287 e. The van der Waals surface area contributed by atoms with Gasteiger partial charge in [0.05, 0.1) is 0 Å². The predicted molar refractivity (Wildman–Crippen MR) is 184 cm³/mol. The molecular formula is C41H13BF21NO. The zero-order chi connectivity index (χ0) is 48.3. The number of hydrogen-bond acceptors (Lipinski definition) is 1. The van der Waals surface area contributed by atoms with Crippen molar-refractivity contribution in [3.05, 3.63) is 195 Å². The second-order valence-electron chi connectivity index (χ2n) is 13.4. The number of fused-ring (bicyclic) bond motifs is 1. The number of rotatable bonds is 7. The molecule has 24 heteroatoms. The normalized spacial score (nSPS) is 11.6. The highest BCUT2D eigenvalue weighted by molar-refractivity contribution is 7.20. The number of hydrogen-bond donors (Lipinski definition) is 0. The zero-order valence-electron chi connectivity index (χ0n) is 30.9. The van der Waals surface area contributed by atoms with Crippen LogP contribution in [0.1, 0.15) is 10.4 Å².